The van der Waals surface area contributed by atoms with Gasteiger partial charge in [0.25, 0.3) is 0 Å². The molecule has 0 unspecified atom stereocenters. The van der Waals surface area contributed by atoms with Crippen LogP contribution in [-0.2, 0) is 10.0 Å². The molecule has 0 fully saturated rings. The Bertz CT molecular complexity index is 514. The van der Waals surface area contributed by atoms with Crippen LogP contribution in [0.5, 0.6) is 0 Å². The van der Waals surface area contributed by atoms with Gasteiger partial charge in [-0.1, -0.05) is 32.0 Å². The average molecular weight is 312 g/mol. The van der Waals surface area contributed by atoms with Crippen LogP contribution < -0.4 is 5.73 Å². The van der Waals surface area contributed by atoms with Crippen LogP contribution in [0.25, 0.3) is 0 Å². The largest absolute Gasteiger partial charge is 0.330 e. The SMILES string of the molecule is CC(C)[C@H](CN)CC[C@@H](C)N(C)S(=O)(=O)c1ccccc1. The number of sulfonamides is 1. The second kappa shape index (κ2) is 7.92. The number of nitrogens with two attached hydrogens (primary N) is 1. The molecule has 0 saturated carbocycles. The van der Waals surface area contributed by atoms with Gasteiger partial charge in [0.15, 0.2) is 0 Å². The Morgan fingerprint density at radius 1 is 1.10 bits per heavy atom. The zero-order valence-electron chi connectivity index (χ0n) is 13.5. The molecule has 0 aliphatic heterocycles. The molecule has 0 aliphatic rings. The molecular weight excluding hydrogens is 284 g/mol. The Morgan fingerprint density at radius 3 is 2.14 bits per heavy atom. The van der Waals surface area contributed by atoms with Crippen LogP contribution >= 0.6 is 0 Å². The minimum Gasteiger partial charge on any atom is -0.330 e. The van der Waals surface area contributed by atoms with E-state index in [1.165, 1.54) is 4.31 Å². The second-order valence-corrected chi connectivity index (χ2v) is 8.00. The third-order valence-corrected chi connectivity index (χ3v) is 6.23. The molecule has 0 aromatic heterocycles. The fourth-order valence-corrected chi connectivity index (χ4v) is 3.77. The molecule has 5 heteroatoms. The lowest BCUT2D eigenvalue weighted by Crippen LogP contribution is -2.36. The lowest BCUT2D eigenvalue weighted by molar-refractivity contribution is 0.303. The summed E-state index contributed by atoms with van der Waals surface area (Å²) in [4.78, 5) is 0.346. The van der Waals surface area contributed by atoms with Gasteiger partial charge in [0.2, 0.25) is 10.0 Å². The molecule has 0 heterocycles. The van der Waals surface area contributed by atoms with Gasteiger partial charge in [-0.25, -0.2) is 8.42 Å². The van der Waals surface area contributed by atoms with Gasteiger partial charge in [0, 0.05) is 13.1 Å². The predicted octanol–water partition coefficient (Wildman–Crippen LogP) is 2.71. The molecule has 0 aliphatic carbocycles. The van der Waals surface area contributed by atoms with E-state index in [-0.39, 0.29) is 6.04 Å². The molecule has 1 rings (SSSR count). The standard InChI is InChI=1S/C16H28N2O2S/c1-13(2)15(12-17)11-10-14(3)18(4)21(19,20)16-8-6-5-7-9-16/h5-9,13-15H,10-12,17H2,1-4H3/t14-,15+/m1/s1. The van der Waals surface area contributed by atoms with E-state index in [0.29, 0.717) is 23.3 Å². The molecule has 1 aromatic carbocycles. The molecule has 4 nitrogen and oxygen atoms in total. The Morgan fingerprint density at radius 2 is 1.67 bits per heavy atom. The maximum absolute atomic E-state index is 12.5. The van der Waals surface area contributed by atoms with Crippen molar-refractivity contribution in [3.05, 3.63) is 30.3 Å². The first-order valence-corrected chi connectivity index (χ1v) is 8.97. The van der Waals surface area contributed by atoms with Crippen LogP contribution in [0.4, 0.5) is 0 Å². The summed E-state index contributed by atoms with van der Waals surface area (Å²) in [5, 5.41) is 0. The predicted molar refractivity (Wildman–Crippen MR) is 87.5 cm³/mol. The van der Waals surface area contributed by atoms with E-state index in [0.717, 1.165) is 12.8 Å². The second-order valence-electron chi connectivity index (χ2n) is 6.00. The van der Waals surface area contributed by atoms with Crippen LogP contribution in [-0.4, -0.2) is 32.4 Å². The van der Waals surface area contributed by atoms with E-state index in [1.807, 2.05) is 13.0 Å². The van der Waals surface area contributed by atoms with Gasteiger partial charge in [-0.15, -0.1) is 0 Å². The lowest BCUT2D eigenvalue weighted by Gasteiger charge is -2.27. The number of hydrogen-bond acceptors (Lipinski definition) is 3. The van der Waals surface area contributed by atoms with Gasteiger partial charge >= 0.3 is 0 Å². The lowest BCUT2D eigenvalue weighted by atomic mass is 9.90. The van der Waals surface area contributed by atoms with Crippen molar-refractivity contribution in [1.82, 2.24) is 4.31 Å². The number of hydrogen-bond donors (Lipinski definition) is 1. The fraction of sp³-hybridized carbons (Fsp3) is 0.625. The van der Waals surface area contributed by atoms with Crippen molar-refractivity contribution in [2.45, 2.75) is 44.6 Å². The molecule has 0 radical (unpaired) electrons. The normalized spacial score (nSPS) is 15.4. The summed E-state index contributed by atoms with van der Waals surface area (Å²) in [5.74, 6) is 0.971. The summed E-state index contributed by atoms with van der Waals surface area (Å²) >= 11 is 0. The van der Waals surface area contributed by atoms with E-state index in [4.69, 9.17) is 5.73 Å². The minimum atomic E-state index is -3.41. The van der Waals surface area contributed by atoms with Gasteiger partial charge in [-0.2, -0.15) is 4.31 Å². The van der Waals surface area contributed by atoms with Crippen LogP contribution in [0.2, 0.25) is 0 Å². The number of rotatable bonds is 8. The van der Waals surface area contributed by atoms with Crippen LogP contribution in [0.3, 0.4) is 0 Å². The third kappa shape index (κ3) is 4.80. The van der Waals surface area contributed by atoms with E-state index < -0.39 is 10.0 Å². The van der Waals surface area contributed by atoms with Gasteiger partial charge in [-0.05, 0) is 50.3 Å². The van der Waals surface area contributed by atoms with Crippen LogP contribution in [0.15, 0.2) is 35.2 Å². The fourth-order valence-electron chi connectivity index (χ4n) is 2.36. The summed E-state index contributed by atoms with van der Waals surface area (Å²) in [6.07, 6.45) is 1.77. The summed E-state index contributed by atoms with van der Waals surface area (Å²) < 4.78 is 26.5. The average Bonchev–Trinajstić information content (AvgIpc) is 2.47. The highest BCUT2D eigenvalue weighted by Gasteiger charge is 2.25. The van der Waals surface area contributed by atoms with Gasteiger partial charge in [-0.3, -0.25) is 0 Å². The van der Waals surface area contributed by atoms with E-state index in [9.17, 15) is 8.42 Å². The van der Waals surface area contributed by atoms with Crippen molar-refractivity contribution < 1.29 is 8.42 Å². The van der Waals surface area contributed by atoms with Crippen LogP contribution in [0, 0.1) is 11.8 Å². The number of benzene rings is 1. The first kappa shape index (κ1) is 18.1. The molecule has 0 spiro atoms. The minimum absolute atomic E-state index is 0.0389. The van der Waals surface area contributed by atoms with Crippen molar-refractivity contribution in [2.24, 2.45) is 17.6 Å². The Kier molecular flexibility index (Phi) is 6.84. The Balaban J connectivity index is 2.72. The quantitative estimate of drug-likeness (QED) is 0.802. The van der Waals surface area contributed by atoms with E-state index in [2.05, 4.69) is 13.8 Å². The van der Waals surface area contributed by atoms with E-state index >= 15 is 0 Å². The summed E-state index contributed by atoms with van der Waals surface area (Å²) in [6.45, 7) is 6.92. The highest BCUT2D eigenvalue weighted by atomic mass is 32.2. The molecule has 0 saturated heterocycles. The maximum atomic E-state index is 12.5. The van der Waals surface area contributed by atoms with Crippen molar-refractivity contribution in [2.75, 3.05) is 13.6 Å². The molecule has 0 amide bonds. The molecule has 2 N–H and O–H groups in total. The van der Waals surface area contributed by atoms with Crippen molar-refractivity contribution in [3.8, 4) is 0 Å². The third-order valence-electron chi connectivity index (χ3n) is 4.24. The van der Waals surface area contributed by atoms with Gasteiger partial charge < -0.3 is 5.73 Å². The van der Waals surface area contributed by atoms with Crippen molar-refractivity contribution in [3.63, 3.8) is 0 Å². The van der Waals surface area contributed by atoms with Crippen molar-refractivity contribution >= 4 is 10.0 Å². The maximum Gasteiger partial charge on any atom is 0.243 e. The van der Waals surface area contributed by atoms with Crippen LogP contribution in [0.1, 0.15) is 33.6 Å². The molecule has 1 aromatic rings. The molecular formula is C16H28N2O2S. The van der Waals surface area contributed by atoms with Gasteiger partial charge in [0.05, 0.1) is 4.90 Å². The molecule has 2 atom stereocenters. The highest BCUT2D eigenvalue weighted by Crippen LogP contribution is 2.22. The van der Waals surface area contributed by atoms with E-state index in [1.54, 1.807) is 31.3 Å². The Labute approximate surface area is 129 Å². The summed E-state index contributed by atoms with van der Waals surface area (Å²) in [7, 11) is -1.76. The first-order valence-electron chi connectivity index (χ1n) is 7.53. The zero-order valence-corrected chi connectivity index (χ0v) is 14.3. The molecule has 21 heavy (non-hydrogen) atoms. The monoisotopic (exact) mass is 312 g/mol. The smallest absolute Gasteiger partial charge is 0.243 e. The highest BCUT2D eigenvalue weighted by molar-refractivity contribution is 7.89. The van der Waals surface area contributed by atoms with Gasteiger partial charge in [0.1, 0.15) is 0 Å². The number of nitrogens with zero attached hydrogens (tertiary/aromatic N) is 1. The summed E-state index contributed by atoms with van der Waals surface area (Å²) in [6, 6.07) is 8.54. The first-order chi connectivity index (χ1) is 9.80. The molecule has 0 bridgehead atoms. The zero-order chi connectivity index (χ0) is 16.0. The van der Waals surface area contributed by atoms with Crippen molar-refractivity contribution in [1.29, 1.82) is 0 Å². The summed E-state index contributed by atoms with van der Waals surface area (Å²) in [5.41, 5.74) is 5.78. The Hall–Kier alpha value is -0.910. The topological polar surface area (TPSA) is 63.4 Å². The molecule has 120 valence electrons.